The second-order valence-corrected chi connectivity index (χ2v) is 9.15. The van der Waals surface area contributed by atoms with Crippen molar-refractivity contribution in [1.29, 1.82) is 0 Å². The molecule has 0 radical (unpaired) electrons. The maximum atomic E-state index is 12.5. The molecule has 0 aromatic carbocycles. The summed E-state index contributed by atoms with van der Waals surface area (Å²) in [4.78, 5) is 24.9. The number of carbonyl (C=O) groups excluding carboxylic acids is 2. The molecular formula is C22H30O2. The van der Waals surface area contributed by atoms with Crippen LogP contribution in [-0.4, -0.2) is 11.6 Å². The first-order valence-corrected chi connectivity index (χ1v) is 9.76. The van der Waals surface area contributed by atoms with Gasteiger partial charge in [-0.15, -0.1) is 0 Å². The minimum absolute atomic E-state index is 0.0723. The molecule has 2 nitrogen and oxygen atoms in total. The van der Waals surface area contributed by atoms with Crippen molar-refractivity contribution in [3.8, 4) is 0 Å². The third kappa shape index (κ3) is 1.89. The van der Waals surface area contributed by atoms with Crippen LogP contribution in [0.3, 0.4) is 0 Å². The van der Waals surface area contributed by atoms with Gasteiger partial charge in [0.15, 0.2) is 5.78 Å². The molecule has 0 saturated heterocycles. The zero-order chi connectivity index (χ0) is 17.3. The van der Waals surface area contributed by atoms with Crippen LogP contribution in [0.1, 0.15) is 72.6 Å². The maximum absolute atomic E-state index is 12.5. The highest BCUT2D eigenvalue weighted by atomic mass is 16.1. The summed E-state index contributed by atoms with van der Waals surface area (Å²) in [5.41, 5.74) is 3.85. The number of fused-ring (bicyclic) bond motifs is 5. The lowest BCUT2D eigenvalue weighted by Gasteiger charge is -2.58. The predicted molar refractivity (Wildman–Crippen MR) is 95.5 cm³/mol. The predicted octanol–water partition coefficient (Wildman–Crippen LogP) is 5.03. The summed E-state index contributed by atoms with van der Waals surface area (Å²) in [5.74, 6) is 2.67. The van der Waals surface area contributed by atoms with Crippen LogP contribution in [0.2, 0.25) is 0 Å². The van der Waals surface area contributed by atoms with Gasteiger partial charge in [-0.3, -0.25) is 9.59 Å². The molecule has 4 aliphatic carbocycles. The van der Waals surface area contributed by atoms with E-state index >= 15 is 0 Å². The van der Waals surface area contributed by atoms with Gasteiger partial charge in [0.1, 0.15) is 5.78 Å². The van der Waals surface area contributed by atoms with Crippen LogP contribution in [-0.2, 0) is 9.59 Å². The normalized spacial score (nSPS) is 46.8. The molecule has 130 valence electrons. The van der Waals surface area contributed by atoms with Crippen LogP contribution < -0.4 is 0 Å². The van der Waals surface area contributed by atoms with E-state index < -0.39 is 0 Å². The lowest BCUT2D eigenvalue weighted by atomic mass is 9.46. The van der Waals surface area contributed by atoms with Gasteiger partial charge < -0.3 is 0 Å². The van der Waals surface area contributed by atoms with Gasteiger partial charge in [-0.1, -0.05) is 19.9 Å². The molecule has 0 N–H and O–H groups in total. The minimum atomic E-state index is -0.0723. The number of hydrogen-bond donors (Lipinski definition) is 0. The highest BCUT2D eigenvalue weighted by Gasteiger charge is 2.60. The van der Waals surface area contributed by atoms with Crippen molar-refractivity contribution in [3.63, 3.8) is 0 Å². The van der Waals surface area contributed by atoms with E-state index in [1.54, 1.807) is 0 Å². The van der Waals surface area contributed by atoms with Gasteiger partial charge in [0.25, 0.3) is 0 Å². The van der Waals surface area contributed by atoms with Crippen LogP contribution in [0.25, 0.3) is 0 Å². The van der Waals surface area contributed by atoms with E-state index in [1.807, 2.05) is 6.92 Å². The Kier molecular flexibility index (Phi) is 3.50. The number of carbonyl (C=O) groups is 2. The van der Waals surface area contributed by atoms with Gasteiger partial charge in [0.05, 0.1) is 0 Å². The summed E-state index contributed by atoms with van der Waals surface area (Å²) < 4.78 is 0. The first-order chi connectivity index (χ1) is 11.3. The zero-order valence-corrected chi connectivity index (χ0v) is 15.6. The Labute approximate surface area is 145 Å². The van der Waals surface area contributed by atoms with Crippen LogP contribution in [0.4, 0.5) is 0 Å². The Hall–Kier alpha value is -1.18. The Morgan fingerprint density at radius 2 is 1.71 bits per heavy atom. The van der Waals surface area contributed by atoms with Gasteiger partial charge in [0, 0.05) is 18.3 Å². The van der Waals surface area contributed by atoms with Crippen molar-refractivity contribution in [2.45, 2.75) is 72.6 Å². The topological polar surface area (TPSA) is 34.1 Å². The number of ketones is 2. The average molecular weight is 326 g/mol. The van der Waals surface area contributed by atoms with E-state index in [0.717, 1.165) is 44.1 Å². The third-order valence-corrected chi connectivity index (χ3v) is 8.33. The summed E-state index contributed by atoms with van der Waals surface area (Å²) >= 11 is 0. The van der Waals surface area contributed by atoms with E-state index in [1.165, 1.54) is 11.1 Å². The summed E-state index contributed by atoms with van der Waals surface area (Å²) in [5, 5.41) is 0. The van der Waals surface area contributed by atoms with Crippen molar-refractivity contribution in [1.82, 2.24) is 0 Å². The fourth-order valence-corrected chi connectivity index (χ4v) is 6.98. The van der Waals surface area contributed by atoms with Crippen LogP contribution in [0, 0.1) is 28.6 Å². The van der Waals surface area contributed by atoms with Gasteiger partial charge in [-0.2, -0.15) is 0 Å². The Morgan fingerprint density at radius 1 is 1.00 bits per heavy atom. The standard InChI is InChI=1S/C22H30O2/c1-5-14-12-15-16-6-7-19(24)21(16,3)10-8-17(15)22(4)11-9-18(23)13(2)20(14)22/h5,15-17H,6-12H2,1-4H3/t15-,16-,17-,21-,22+/m0/s1. The molecule has 5 atom stereocenters. The van der Waals surface area contributed by atoms with E-state index in [0.29, 0.717) is 35.7 Å². The highest BCUT2D eigenvalue weighted by Crippen LogP contribution is 2.65. The first-order valence-electron chi connectivity index (χ1n) is 9.76. The molecular weight excluding hydrogens is 296 g/mol. The maximum Gasteiger partial charge on any atom is 0.158 e. The molecule has 2 heteroatoms. The first kappa shape index (κ1) is 16.3. The molecule has 0 amide bonds. The molecule has 0 aliphatic heterocycles. The summed E-state index contributed by atoms with van der Waals surface area (Å²) in [6, 6.07) is 0. The second-order valence-electron chi connectivity index (χ2n) is 9.15. The Bertz CT molecular complexity index is 682. The quantitative estimate of drug-likeness (QED) is 0.625. The number of allylic oxidation sites excluding steroid dienone is 3. The largest absolute Gasteiger partial charge is 0.299 e. The molecule has 0 heterocycles. The van der Waals surface area contributed by atoms with Crippen molar-refractivity contribution in [2.75, 3.05) is 0 Å². The molecule has 0 aromatic heterocycles. The van der Waals surface area contributed by atoms with E-state index in [2.05, 4.69) is 26.8 Å². The molecule has 3 saturated carbocycles. The molecule has 0 spiro atoms. The van der Waals surface area contributed by atoms with Gasteiger partial charge >= 0.3 is 0 Å². The number of Topliss-reactive ketones (excluding diaryl/α,β-unsaturated/α-hetero) is 2. The summed E-state index contributed by atoms with van der Waals surface area (Å²) in [7, 11) is 0. The number of hydrogen-bond acceptors (Lipinski definition) is 2. The van der Waals surface area contributed by atoms with Gasteiger partial charge in [-0.25, -0.2) is 0 Å². The highest BCUT2D eigenvalue weighted by molar-refractivity contribution is 5.97. The van der Waals surface area contributed by atoms with Crippen molar-refractivity contribution in [3.05, 3.63) is 22.8 Å². The Morgan fingerprint density at radius 3 is 2.42 bits per heavy atom. The summed E-state index contributed by atoms with van der Waals surface area (Å²) in [6.07, 6.45) is 9.09. The summed E-state index contributed by atoms with van der Waals surface area (Å²) in [6.45, 7) is 8.82. The Balaban J connectivity index is 1.82. The van der Waals surface area contributed by atoms with Crippen LogP contribution in [0.5, 0.6) is 0 Å². The fourth-order valence-electron chi connectivity index (χ4n) is 6.98. The second kappa shape index (κ2) is 5.16. The molecule has 0 bridgehead atoms. The zero-order valence-electron chi connectivity index (χ0n) is 15.6. The molecule has 24 heavy (non-hydrogen) atoms. The molecule has 3 fully saturated rings. The molecule has 4 aliphatic rings. The molecule has 0 aromatic rings. The molecule has 0 unspecified atom stereocenters. The minimum Gasteiger partial charge on any atom is -0.299 e. The van der Waals surface area contributed by atoms with Crippen molar-refractivity contribution < 1.29 is 9.59 Å². The molecule has 4 rings (SSSR count). The van der Waals surface area contributed by atoms with Crippen LogP contribution in [0.15, 0.2) is 22.8 Å². The average Bonchev–Trinajstić information content (AvgIpc) is 2.86. The smallest absolute Gasteiger partial charge is 0.158 e. The third-order valence-electron chi connectivity index (χ3n) is 8.33. The SMILES string of the molecule is CC=C1C[C@@H]2[C@H](CC[C@]3(C)C(=O)CC[C@@H]23)[C@@]2(C)CCC(=O)C(C)=C12. The van der Waals surface area contributed by atoms with Crippen molar-refractivity contribution in [2.24, 2.45) is 28.6 Å². The van der Waals surface area contributed by atoms with E-state index in [4.69, 9.17) is 0 Å². The van der Waals surface area contributed by atoms with Gasteiger partial charge in [0.2, 0.25) is 0 Å². The fraction of sp³-hybridized carbons (Fsp3) is 0.727. The lowest BCUT2D eigenvalue weighted by Crippen LogP contribution is -2.51. The monoisotopic (exact) mass is 326 g/mol. The van der Waals surface area contributed by atoms with Crippen molar-refractivity contribution >= 4 is 11.6 Å². The van der Waals surface area contributed by atoms with Crippen LogP contribution >= 0.6 is 0 Å². The van der Waals surface area contributed by atoms with E-state index in [9.17, 15) is 9.59 Å². The lowest BCUT2D eigenvalue weighted by molar-refractivity contribution is -0.132. The van der Waals surface area contributed by atoms with E-state index in [-0.39, 0.29) is 10.8 Å². The number of rotatable bonds is 0. The van der Waals surface area contributed by atoms with Gasteiger partial charge in [-0.05, 0) is 85.8 Å².